The van der Waals surface area contributed by atoms with Gasteiger partial charge in [0.25, 0.3) is 5.56 Å². The summed E-state index contributed by atoms with van der Waals surface area (Å²) in [5.74, 6) is 1.09. The van der Waals surface area contributed by atoms with E-state index >= 15 is 0 Å². The van der Waals surface area contributed by atoms with E-state index in [1.807, 2.05) is 25.3 Å². The van der Waals surface area contributed by atoms with Crippen LogP contribution in [0.25, 0.3) is 22.6 Å². The van der Waals surface area contributed by atoms with Crippen LogP contribution in [0.4, 0.5) is 0 Å². The lowest BCUT2D eigenvalue weighted by molar-refractivity contribution is 0.196. The molecular formula is C22H31N7O4S. The highest BCUT2D eigenvalue weighted by atomic mass is 32.2. The summed E-state index contributed by atoms with van der Waals surface area (Å²) in [6.07, 6.45) is 2.15. The van der Waals surface area contributed by atoms with Gasteiger partial charge in [-0.2, -0.15) is 4.31 Å². The van der Waals surface area contributed by atoms with Crippen LogP contribution in [0, 0.1) is 6.92 Å². The maximum atomic E-state index is 13.4. The molecule has 12 heteroatoms. The van der Waals surface area contributed by atoms with E-state index in [1.165, 1.54) is 16.6 Å². The van der Waals surface area contributed by atoms with Crippen molar-refractivity contribution < 1.29 is 13.2 Å². The van der Waals surface area contributed by atoms with Crippen LogP contribution in [0.3, 0.4) is 0 Å². The number of piperazine rings is 1. The van der Waals surface area contributed by atoms with Gasteiger partial charge in [0.05, 0.1) is 18.4 Å². The predicted molar refractivity (Wildman–Crippen MR) is 128 cm³/mol. The number of aromatic amines is 1. The van der Waals surface area contributed by atoms with Crippen LogP contribution in [0.15, 0.2) is 22.0 Å². The Morgan fingerprint density at radius 3 is 2.50 bits per heavy atom. The number of imidazole rings is 1. The third kappa shape index (κ3) is 4.44. The number of aromatic nitrogens is 5. The topological polar surface area (TPSA) is 126 Å². The molecule has 4 rings (SSSR count). The fraction of sp³-hybridized carbons (Fsp3) is 0.545. The molecule has 184 valence electrons. The van der Waals surface area contributed by atoms with Crippen molar-refractivity contribution in [3.05, 3.63) is 28.4 Å². The zero-order valence-electron chi connectivity index (χ0n) is 20.0. The number of fused-ring (bicyclic) bond motifs is 1. The fourth-order valence-electron chi connectivity index (χ4n) is 4.17. The maximum Gasteiger partial charge on any atom is 0.279 e. The molecule has 0 aliphatic carbocycles. The SMILES string of the molecule is CCCn1c(C)nc2c(=O)[nH]c(-c3cc(S(=O)(=O)N4CCN(CC)CC4)cnc3OCC)nc21. The van der Waals surface area contributed by atoms with E-state index in [2.05, 4.69) is 31.8 Å². The van der Waals surface area contributed by atoms with Gasteiger partial charge >= 0.3 is 0 Å². The van der Waals surface area contributed by atoms with Crippen LogP contribution in [0.2, 0.25) is 0 Å². The Bertz CT molecular complexity index is 1340. The Hall–Kier alpha value is -2.83. The van der Waals surface area contributed by atoms with E-state index in [-0.39, 0.29) is 22.1 Å². The number of H-pyrrole nitrogens is 1. The lowest BCUT2D eigenvalue weighted by Crippen LogP contribution is -2.48. The molecule has 3 aromatic heterocycles. The summed E-state index contributed by atoms with van der Waals surface area (Å²) < 4.78 is 35.8. The van der Waals surface area contributed by atoms with E-state index in [4.69, 9.17) is 4.74 Å². The first-order valence-corrected chi connectivity index (χ1v) is 13.1. The Balaban J connectivity index is 1.82. The number of nitrogens with one attached hydrogen (secondary N) is 1. The summed E-state index contributed by atoms with van der Waals surface area (Å²) in [6, 6.07) is 1.48. The molecule has 0 radical (unpaired) electrons. The van der Waals surface area contributed by atoms with Crippen LogP contribution < -0.4 is 10.3 Å². The number of aryl methyl sites for hydroxylation is 2. The maximum absolute atomic E-state index is 13.4. The van der Waals surface area contributed by atoms with E-state index in [1.54, 1.807) is 0 Å². The minimum Gasteiger partial charge on any atom is -0.477 e. The normalized spacial score (nSPS) is 15.8. The summed E-state index contributed by atoms with van der Waals surface area (Å²) in [6.45, 7) is 11.8. The average molecular weight is 490 g/mol. The number of pyridine rings is 1. The molecule has 3 aromatic rings. The van der Waals surface area contributed by atoms with Crippen molar-refractivity contribution in [3.8, 4) is 17.3 Å². The number of ether oxygens (including phenoxy) is 1. The van der Waals surface area contributed by atoms with E-state index in [9.17, 15) is 13.2 Å². The monoisotopic (exact) mass is 489 g/mol. The highest BCUT2D eigenvalue weighted by Crippen LogP contribution is 2.30. The lowest BCUT2D eigenvalue weighted by Gasteiger charge is -2.33. The molecule has 0 bridgehead atoms. The summed E-state index contributed by atoms with van der Waals surface area (Å²) >= 11 is 0. The van der Waals surface area contributed by atoms with Gasteiger partial charge < -0.3 is 19.2 Å². The van der Waals surface area contributed by atoms with Crippen molar-refractivity contribution in [1.29, 1.82) is 0 Å². The minimum absolute atomic E-state index is 0.0388. The van der Waals surface area contributed by atoms with Crippen molar-refractivity contribution in [2.24, 2.45) is 0 Å². The molecule has 0 amide bonds. The first kappa shape index (κ1) is 24.3. The van der Waals surface area contributed by atoms with Crippen LogP contribution in [-0.2, 0) is 16.6 Å². The van der Waals surface area contributed by atoms with Crippen LogP contribution in [0.5, 0.6) is 5.88 Å². The summed E-state index contributed by atoms with van der Waals surface area (Å²) in [4.78, 5) is 31.1. The van der Waals surface area contributed by atoms with Crippen molar-refractivity contribution in [2.75, 3.05) is 39.3 Å². The van der Waals surface area contributed by atoms with Gasteiger partial charge in [-0.1, -0.05) is 13.8 Å². The fourth-order valence-corrected chi connectivity index (χ4v) is 5.56. The van der Waals surface area contributed by atoms with Crippen molar-refractivity contribution in [1.82, 2.24) is 33.7 Å². The average Bonchev–Trinajstić information content (AvgIpc) is 3.15. The molecule has 0 saturated carbocycles. The van der Waals surface area contributed by atoms with Crippen molar-refractivity contribution in [3.63, 3.8) is 0 Å². The van der Waals surface area contributed by atoms with Crippen molar-refractivity contribution in [2.45, 2.75) is 45.6 Å². The molecule has 0 aromatic carbocycles. The minimum atomic E-state index is -3.77. The Morgan fingerprint density at radius 1 is 1.12 bits per heavy atom. The van der Waals surface area contributed by atoms with Gasteiger partial charge in [0.2, 0.25) is 15.9 Å². The van der Waals surface area contributed by atoms with Gasteiger partial charge in [-0.25, -0.2) is 23.4 Å². The number of hydrogen-bond acceptors (Lipinski definition) is 8. The molecule has 1 N–H and O–H groups in total. The predicted octanol–water partition coefficient (Wildman–Crippen LogP) is 1.62. The molecule has 0 spiro atoms. The van der Waals surface area contributed by atoms with Gasteiger partial charge in [-0.15, -0.1) is 0 Å². The van der Waals surface area contributed by atoms with E-state index in [0.29, 0.717) is 56.4 Å². The molecule has 1 aliphatic rings. The summed E-state index contributed by atoms with van der Waals surface area (Å²) in [7, 11) is -3.77. The number of likely N-dealkylation sites (N-methyl/N-ethyl adjacent to an activating group) is 1. The van der Waals surface area contributed by atoms with Crippen LogP contribution in [-0.4, -0.2) is 81.5 Å². The smallest absolute Gasteiger partial charge is 0.279 e. The van der Waals surface area contributed by atoms with Crippen LogP contribution in [0.1, 0.15) is 33.0 Å². The molecule has 4 heterocycles. The van der Waals surface area contributed by atoms with Crippen molar-refractivity contribution >= 4 is 21.2 Å². The molecular weight excluding hydrogens is 458 g/mol. The largest absolute Gasteiger partial charge is 0.477 e. The summed E-state index contributed by atoms with van der Waals surface area (Å²) in [5, 5.41) is 0. The Kier molecular flexibility index (Phi) is 7.01. The third-order valence-corrected chi connectivity index (χ3v) is 7.89. The molecule has 11 nitrogen and oxygen atoms in total. The number of hydrogen-bond donors (Lipinski definition) is 1. The molecule has 1 aliphatic heterocycles. The second kappa shape index (κ2) is 9.80. The zero-order chi connectivity index (χ0) is 24.5. The quantitative estimate of drug-likeness (QED) is 0.506. The second-order valence-electron chi connectivity index (χ2n) is 8.19. The molecule has 1 saturated heterocycles. The number of rotatable bonds is 8. The third-order valence-electron chi connectivity index (χ3n) is 6.02. The molecule has 0 atom stereocenters. The summed E-state index contributed by atoms with van der Waals surface area (Å²) in [5.41, 5.74) is 0.614. The number of sulfonamides is 1. The van der Waals surface area contributed by atoms with Gasteiger partial charge in [0.1, 0.15) is 16.5 Å². The van der Waals surface area contributed by atoms with Gasteiger partial charge in [0.15, 0.2) is 11.2 Å². The van der Waals surface area contributed by atoms with Gasteiger partial charge in [-0.05, 0) is 32.9 Å². The highest BCUT2D eigenvalue weighted by molar-refractivity contribution is 7.89. The van der Waals surface area contributed by atoms with Crippen LogP contribution >= 0.6 is 0 Å². The highest BCUT2D eigenvalue weighted by Gasteiger charge is 2.30. The second-order valence-corrected chi connectivity index (χ2v) is 10.1. The van der Waals surface area contributed by atoms with Gasteiger partial charge in [-0.3, -0.25) is 4.79 Å². The molecule has 0 unspecified atom stereocenters. The number of nitrogens with zero attached hydrogens (tertiary/aromatic N) is 6. The first-order chi connectivity index (χ1) is 16.3. The van der Waals surface area contributed by atoms with E-state index < -0.39 is 15.6 Å². The van der Waals surface area contributed by atoms with E-state index in [0.717, 1.165) is 13.0 Å². The molecule has 34 heavy (non-hydrogen) atoms. The molecule has 1 fully saturated rings. The zero-order valence-corrected chi connectivity index (χ0v) is 20.9. The standard InChI is InChI=1S/C22H31N7O4S/c1-5-8-29-15(4)24-18-20(29)25-19(26-21(18)30)17-13-16(14-23-22(17)33-7-3)34(31,32)28-11-9-27(6-2)10-12-28/h13-14H,5-12H2,1-4H3,(H,25,26,30). The Labute approximate surface area is 198 Å². The Morgan fingerprint density at radius 2 is 1.85 bits per heavy atom. The lowest BCUT2D eigenvalue weighted by atomic mass is 10.2. The first-order valence-electron chi connectivity index (χ1n) is 11.6. The van der Waals surface area contributed by atoms with Gasteiger partial charge in [0, 0.05) is 32.7 Å².